The molecule has 0 aliphatic carbocycles. The van der Waals surface area contributed by atoms with Crippen LogP contribution in [0.5, 0.6) is 5.75 Å². The summed E-state index contributed by atoms with van der Waals surface area (Å²) in [5.74, 6) is -1.60. The van der Waals surface area contributed by atoms with Gasteiger partial charge in [0.25, 0.3) is 5.91 Å². The minimum absolute atomic E-state index is 0.0340. The van der Waals surface area contributed by atoms with Gasteiger partial charge in [-0.15, -0.1) is 0 Å². The third kappa shape index (κ3) is 9.98. The molecule has 2 heterocycles. The Bertz CT molecular complexity index is 1440. The number of nitrogens with zero attached hydrogens (tertiary/aromatic N) is 2. The van der Waals surface area contributed by atoms with E-state index in [-0.39, 0.29) is 24.6 Å². The lowest BCUT2D eigenvalue weighted by atomic mass is 9.95. The number of oxime groups is 1. The third-order valence-corrected chi connectivity index (χ3v) is 9.45. The molecule has 260 valence electrons. The molecule has 1 spiro atoms. The largest absolute Gasteiger partial charge is 0.495 e. The van der Waals surface area contributed by atoms with Crippen molar-refractivity contribution < 1.29 is 38.2 Å². The van der Waals surface area contributed by atoms with Crippen LogP contribution >= 0.6 is 63.7 Å². The van der Waals surface area contributed by atoms with Crippen molar-refractivity contribution in [1.82, 2.24) is 10.2 Å². The lowest BCUT2D eigenvalue weighted by Gasteiger charge is -2.32. The number of carbonyl (C=O) groups excluding carboxylic acids is 3. The molecule has 11 nitrogen and oxygen atoms in total. The number of esters is 1. The molecule has 0 radical (unpaired) electrons. The fourth-order valence-corrected chi connectivity index (χ4v) is 7.55. The molecular weight excluding hydrogens is 874 g/mol. The molecule has 47 heavy (non-hydrogen) atoms. The first-order valence-electron chi connectivity index (χ1n) is 14.9. The number of allylic oxidation sites excluding steroid dienone is 1. The Morgan fingerprint density at radius 2 is 1.70 bits per heavy atom. The van der Waals surface area contributed by atoms with Gasteiger partial charge in [0.05, 0.1) is 39.0 Å². The molecule has 0 saturated heterocycles. The molecule has 3 rings (SSSR count). The average molecular weight is 915 g/mol. The normalized spacial score (nSPS) is 19.6. The van der Waals surface area contributed by atoms with Gasteiger partial charge in [0.15, 0.2) is 5.71 Å². The zero-order valence-corrected chi connectivity index (χ0v) is 34.1. The SMILES string of the molecule is COC1=C(Br)C[C@@]2(OC=C1Br)ON=C(C(=O)NCCCOc1c(Br)cc(CCN(C)C(=O)C(C)(C)C)cc1Br)[C@H]2OC(=O)C(C)(C)C. The molecular formula is C32H41Br4N3O8. The Morgan fingerprint density at radius 3 is 2.28 bits per heavy atom. The number of halogens is 4. The van der Waals surface area contributed by atoms with Gasteiger partial charge in [-0.05, 0) is 99.1 Å². The van der Waals surface area contributed by atoms with E-state index in [1.165, 1.54) is 13.4 Å². The zero-order chi connectivity index (χ0) is 35.3. The monoisotopic (exact) mass is 911 g/mol. The molecule has 15 heteroatoms. The molecule has 0 unspecified atom stereocenters. The van der Waals surface area contributed by atoms with E-state index in [0.29, 0.717) is 46.5 Å². The lowest BCUT2D eigenvalue weighted by Crippen LogP contribution is -2.52. The average Bonchev–Trinajstić information content (AvgIpc) is 3.25. The van der Waals surface area contributed by atoms with Gasteiger partial charge in [0, 0.05) is 30.0 Å². The standard InChI is InChI=1S/C32H41Br4N3O8/c1-30(2,3)28(41)39(7)12-10-18-14-19(33)25(20(34)15-18)44-13-9-11-37-27(40)23-26(46-29(42)31(4,5)6)32(47-38-23)16-21(35)24(43-8)22(36)17-45-32/h14-15,17,26H,9-13,16H2,1-8H3,(H,37,40)/t26-,32-/m1/s1. The smallest absolute Gasteiger partial charge is 0.322 e. The van der Waals surface area contributed by atoms with E-state index in [9.17, 15) is 14.4 Å². The van der Waals surface area contributed by atoms with Crippen LogP contribution < -0.4 is 10.1 Å². The van der Waals surface area contributed by atoms with Crippen LogP contribution in [-0.4, -0.2) is 74.1 Å². The predicted molar refractivity (Wildman–Crippen MR) is 192 cm³/mol. The number of likely N-dealkylation sites (N-methyl/N-ethyl adjacent to an activating group) is 1. The first-order chi connectivity index (χ1) is 21.8. The van der Waals surface area contributed by atoms with E-state index >= 15 is 0 Å². The van der Waals surface area contributed by atoms with E-state index in [1.54, 1.807) is 25.7 Å². The fourth-order valence-electron chi connectivity index (χ4n) is 4.51. The van der Waals surface area contributed by atoms with Gasteiger partial charge in [0.2, 0.25) is 12.0 Å². The van der Waals surface area contributed by atoms with Crippen molar-refractivity contribution >= 4 is 87.2 Å². The van der Waals surface area contributed by atoms with Crippen molar-refractivity contribution in [1.29, 1.82) is 0 Å². The molecule has 2 atom stereocenters. The molecule has 1 aromatic rings. The molecule has 1 N–H and O–H groups in total. The van der Waals surface area contributed by atoms with Crippen molar-refractivity contribution in [3.63, 3.8) is 0 Å². The quantitative estimate of drug-likeness (QED) is 0.185. The molecule has 0 fully saturated rings. The molecule has 2 amide bonds. The molecule has 0 bridgehead atoms. The second-order valence-corrected chi connectivity index (χ2v) is 16.7. The summed E-state index contributed by atoms with van der Waals surface area (Å²) in [5, 5.41) is 6.82. The van der Waals surface area contributed by atoms with Crippen LogP contribution in [0.25, 0.3) is 0 Å². The van der Waals surface area contributed by atoms with Crippen LogP contribution in [0.1, 0.15) is 59.9 Å². The molecule has 0 aromatic heterocycles. The summed E-state index contributed by atoms with van der Waals surface area (Å²) in [7, 11) is 3.31. The van der Waals surface area contributed by atoms with E-state index in [1.807, 2.05) is 40.0 Å². The molecule has 0 saturated carbocycles. The van der Waals surface area contributed by atoms with Crippen LogP contribution in [0.2, 0.25) is 0 Å². The molecule has 1 aromatic carbocycles. The van der Waals surface area contributed by atoms with Gasteiger partial charge in [-0.25, -0.2) is 0 Å². The topological polar surface area (TPSA) is 125 Å². The Balaban J connectivity index is 1.61. The maximum atomic E-state index is 13.3. The van der Waals surface area contributed by atoms with E-state index in [4.69, 9.17) is 23.8 Å². The Labute approximate surface area is 309 Å². The number of ether oxygens (including phenoxy) is 4. The number of benzene rings is 1. The van der Waals surface area contributed by atoms with Gasteiger partial charge >= 0.3 is 11.8 Å². The van der Waals surface area contributed by atoms with Gasteiger partial charge in [0.1, 0.15) is 17.8 Å². The first kappa shape index (κ1) is 39.3. The summed E-state index contributed by atoms with van der Waals surface area (Å²) < 4.78 is 25.8. The molecule has 2 aliphatic heterocycles. The second kappa shape index (κ2) is 16.1. The van der Waals surface area contributed by atoms with Gasteiger partial charge < -0.3 is 34.0 Å². The summed E-state index contributed by atoms with van der Waals surface area (Å²) in [6, 6.07) is 3.94. The maximum absolute atomic E-state index is 13.3. The highest BCUT2D eigenvalue weighted by atomic mass is 79.9. The highest BCUT2D eigenvalue weighted by Gasteiger charge is 2.57. The Hall–Kier alpha value is -2.10. The predicted octanol–water partition coefficient (Wildman–Crippen LogP) is 7.09. The number of hydrogen-bond donors (Lipinski definition) is 1. The van der Waals surface area contributed by atoms with Crippen molar-refractivity contribution in [2.75, 3.05) is 33.9 Å². The van der Waals surface area contributed by atoms with Crippen LogP contribution in [-0.2, 0) is 39.9 Å². The minimum atomic E-state index is -1.64. The van der Waals surface area contributed by atoms with Crippen LogP contribution in [0.3, 0.4) is 0 Å². The molecule has 2 aliphatic rings. The second-order valence-electron chi connectivity index (χ2n) is 13.2. The summed E-state index contributed by atoms with van der Waals surface area (Å²) in [5.41, 5.74) is -0.393. The zero-order valence-electron chi connectivity index (χ0n) is 27.7. The highest BCUT2D eigenvalue weighted by Crippen LogP contribution is 2.43. The Kier molecular flexibility index (Phi) is 13.5. The number of nitrogens with one attached hydrogen (secondary N) is 1. The number of hydrogen-bond acceptors (Lipinski definition) is 9. The number of amides is 2. The van der Waals surface area contributed by atoms with E-state index in [2.05, 4.69) is 74.2 Å². The van der Waals surface area contributed by atoms with Crippen LogP contribution in [0.4, 0.5) is 0 Å². The summed E-state index contributed by atoms with van der Waals surface area (Å²) in [6.45, 7) is 12.0. The van der Waals surface area contributed by atoms with Crippen LogP contribution in [0.15, 0.2) is 47.2 Å². The summed E-state index contributed by atoms with van der Waals surface area (Å²) >= 11 is 14.1. The maximum Gasteiger partial charge on any atom is 0.322 e. The summed E-state index contributed by atoms with van der Waals surface area (Å²) in [6.07, 6.45) is 1.26. The van der Waals surface area contributed by atoms with Crippen molar-refractivity contribution in [3.05, 3.63) is 47.6 Å². The number of methoxy groups -OCH3 is 1. The fraction of sp³-hybridized carbons (Fsp3) is 0.562. The van der Waals surface area contributed by atoms with Crippen LogP contribution in [0, 0.1) is 10.8 Å². The van der Waals surface area contributed by atoms with E-state index in [0.717, 1.165) is 14.5 Å². The van der Waals surface area contributed by atoms with Gasteiger partial charge in [-0.2, -0.15) is 0 Å². The van der Waals surface area contributed by atoms with Gasteiger partial charge in [-0.3, -0.25) is 14.4 Å². The first-order valence-corrected chi connectivity index (χ1v) is 18.1. The third-order valence-electron chi connectivity index (χ3n) is 7.08. The Morgan fingerprint density at radius 1 is 1.06 bits per heavy atom. The lowest BCUT2D eigenvalue weighted by molar-refractivity contribution is -0.236. The van der Waals surface area contributed by atoms with Gasteiger partial charge in [-0.1, -0.05) is 41.9 Å². The number of rotatable bonds is 11. The summed E-state index contributed by atoms with van der Waals surface area (Å²) in [4.78, 5) is 46.2. The van der Waals surface area contributed by atoms with Crippen molar-refractivity contribution in [3.8, 4) is 5.75 Å². The minimum Gasteiger partial charge on any atom is -0.495 e. The van der Waals surface area contributed by atoms with Crippen molar-refractivity contribution in [2.45, 2.75) is 72.7 Å². The van der Waals surface area contributed by atoms with Crippen molar-refractivity contribution in [2.24, 2.45) is 16.0 Å². The van der Waals surface area contributed by atoms with E-state index < -0.39 is 34.6 Å². The number of carbonyl (C=O) groups is 3. The highest BCUT2D eigenvalue weighted by molar-refractivity contribution is 9.12.